The molecule has 2 rings (SSSR count). The lowest BCUT2D eigenvalue weighted by Crippen LogP contribution is -2.46. The SMILES string of the molecule is CNCCC1CCCCN1C(=O)Nc1ccccc1. The molecule has 1 fully saturated rings. The summed E-state index contributed by atoms with van der Waals surface area (Å²) in [4.78, 5) is 14.3. The molecule has 1 aromatic rings. The van der Waals surface area contributed by atoms with Gasteiger partial charge in [0, 0.05) is 18.3 Å². The highest BCUT2D eigenvalue weighted by molar-refractivity contribution is 5.89. The Labute approximate surface area is 115 Å². The van der Waals surface area contributed by atoms with Crippen LogP contribution in [0.3, 0.4) is 0 Å². The molecule has 0 aliphatic carbocycles. The van der Waals surface area contributed by atoms with Crippen molar-refractivity contribution in [3.63, 3.8) is 0 Å². The molecule has 4 nitrogen and oxygen atoms in total. The van der Waals surface area contributed by atoms with E-state index >= 15 is 0 Å². The first-order valence-corrected chi connectivity index (χ1v) is 7.08. The van der Waals surface area contributed by atoms with Crippen LogP contribution >= 0.6 is 0 Å². The van der Waals surface area contributed by atoms with Crippen LogP contribution in [0, 0.1) is 0 Å². The van der Waals surface area contributed by atoms with E-state index in [-0.39, 0.29) is 6.03 Å². The average Bonchev–Trinajstić information content (AvgIpc) is 2.46. The summed E-state index contributed by atoms with van der Waals surface area (Å²) in [6.45, 7) is 1.83. The van der Waals surface area contributed by atoms with Gasteiger partial charge in [-0.1, -0.05) is 18.2 Å². The zero-order chi connectivity index (χ0) is 13.5. The molecule has 2 amide bonds. The smallest absolute Gasteiger partial charge is 0.322 e. The molecular weight excluding hydrogens is 238 g/mol. The fourth-order valence-corrected chi connectivity index (χ4v) is 2.60. The van der Waals surface area contributed by atoms with Gasteiger partial charge in [0.25, 0.3) is 0 Å². The van der Waals surface area contributed by atoms with Gasteiger partial charge in [0.2, 0.25) is 0 Å². The Balaban J connectivity index is 1.95. The maximum absolute atomic E-state index is 12.3. The Kier molecular flexibility index (Phi) is 5.21. The van der Waals surface area contributed by atoms with Gasteiger partial charge in [-0.25, -0.2) is 4.79 Å². The van der Waals surface area contributed by atoms with E-state index in [1.165, 1.54) is 6.42 Å². The van der Waals surface area contributed by atoms with E-state index in [2.05, 4.69) is 10.6 Å². The van der Waals surface area contributed by atoms with Crippen LogP contribution in [-0.2, 0) is 0 Å². The Morgan fingerprint density at radius 1 is 1.32 bits per heavy atom. The van der Waals surface area contributed by atoms with Gasteiger partial charge in [-0.3, -0.25) is 0 Å². The predicted octanol–water partition coefficient (Wildman–Crippen LogP) is 2.68. The molecule has 0 saturated carbocycles. The van der Waals surface area contributed by atoms with Crippen molar-refractivity contribution >= 4 is 11.7 Å². The van der Waals surface area contributed by atoms with E-state index in [0.29, 0.717) is 6.04 Å². The number of hydrogen-bond donors (Lipinski definition) is 2. The maximum Gasteiger partial charge on any atom is 0.322 e. The quantitative estimate of drug-likeness (QED) is 0.875. The highest BCUT2D eigenvalue weighted by atomic mass is 16.2. The third kappa shape index (κ3) is 3.96. The highest BCUT2D eigenvalue weighted by Crippen LogP contribution is 2.20. The van der Waals surface area contributed by atoms with Gasteiger partial charge in [0.15, 0.2) is 0 Å². The largest absolute Gasteiger partial charge is 0.322 e. The summed E-state index contributed by atoms with van der Waals surface area (Å²) in [5.41, 5.74) is 0.866. The molecule has 1 aliphatic rings. The number of para-hydroxylation sites is 1. The molecule has 0 bridgehead atoms. The fourth-order valence-electron chi connectivity index (χ4n) is 2.60. The molecule has 0 radical (unpaired) electrons. The molecule has 1 unspecified atom stereocenters. The zero-order valence-electron chi connectivity index (χ0n) is 11.6. The molecule has 4 heteroatoms. The predicted molar refractivity (Wildman–Crippen MR) is 78.3 cm³/mol. The summed E-state index contributed by atoms with van der Waals surface area (Å²) in [7, 11) is 1.96. The maximum atomic E-state index is 12.3. The van der Waals surface area contributed by atoms with Crippen LogP contribution < -0.4 is 10.6 Å². The first-order valence-electron chi connectivity index (χ1n) is 7.08. The minimum absolute atomic E-state index is 0.0343. The van der Waals surface area contributed by atoms with Crippen LogP contribution in [0.15, 0.2) is 30.3 Å². The zero-order valence-corrected chi connectivity index (χ0v) is 11.6. The van der Waals surface area contributed by atoms with Gasteiger partial charge >= 0.3 is 6.03 Å². The van der Waals surface area contributed by atoms with Crippen LogP contribution in [0.25, 0.3) is 0 Å². The fraction of sp³-hybridized carbons (Fsp3) is 0.533. The molecule has 1 heterocycles. The Morgan fingerprint density at radius 2 is 2.11 bits per heavy atom. The van der Waals surface area contributed by atoms with E-state index in [1.807, 2.05) is 42.3 Å². The van der Waals surface area contributed by atoms with Crippen molar-refractivity contribution in [2.24, 2.45) is 0 Å². The number of urea groups is 1. The highest BCUT2D eigenvalue weighted by Gasteiger charge is 2.26. The third-order valence-corrected chi connectivity index (χ3v) is 3.64. The van der Waals surface area contributed by atoms with E-state index in [4.69, 9.17) is 0 Å². The van der Waals surface area contributed by atoms with Crippen molar-refractivity contribution in [3.05, 3.63) is 30.3 Å². The molecule has 19 heavy (non-hydrogen) atoms. The molecule has 1 saturated heterocycles. The third-order valence-electron chi connectivity index (χ3n) is 3.64. The number of piperidine rings is 1. The number of amides is 2. The van der Waals surface area contributed by atoms with Gasteiger partial charge in [-0.05, 0) is 51.4 Å². The summed E-state index contributed by atoms with van der Waals surface area (Å²) in [5, 5.41) is 6.15. The van der Waals surface area contributed by atoms with Crippen molar-refractivity contribution in [3.8, 4) is 0 Å². The first kappa shape index (κ1) is 13.9. The number of nitrogens with zero attached hydrogens (tertiary/aromatic N) is 1. The number of likely N-dealkylation sites (tertiary alicyclic amines) is 1. The van der Waals surface area contributed by atoms with Crippen molar-refractivity contribution < 1.29 is 4.79 Å². The number of rotatable bonds is 4. The Hall–Kier alpha value is -1.55. The summed E-state index contributed by atoms with van der Waals surface area (Å²) in [6.07, 6.45) is 4.48. The Morgan fingerprint density at radius 3 is 2.84 bits per heavy atom. The summed E-state index contributed by atoms with van der Waals surface area (Å²) < 4.78 is 0. The topological polar surface area (TPSA) is 44.4 Å². The summed E-state index contributed by atoms with van der Waals surface area (Å²) in [5.74, 6) is 0. The molecule has 1 aliphatic heterocycles. The molecular formula is C15H23N3O. The van der Waals surface area contributed by atoms with E-state index < -0.39 is 0 Å². The molecule has 104 valence electrons. The van der Waals surface area contributed by atoms with Crippen molar-refractivity contribution in [2.75, 3.05) is 25.5 Å². The minimum Gasteiger partial charge on any atom is -0.322 e. The number of nitrogens with one attached hydrogen (secondary N) is 2. The molecule has 1 atom stereocenters. The van der Waals surface area contributed by atoms with Crippen molar-refractivity contribution in [1.29, 1.82) is 0 Å². The molecule has 1 aromatic carbocycles. The van der Waals surface area contributed by atoms with E-state index in [0.717, 1.165) is 38.0 Å². The summed E-state index contributed by atoms with van der Waals surface area (Å²) >= 11 is 0. The standard InChI is InChI=1S/C15H23N3O/c1-16-11-10-14-9-5-6-12-18(14)15(19)17-13-7-3-2-4-8-13/h2-4,7-8,14,16H,5-6,9-12H2,1H3,(H,17,19). The van der Waals surface area contributed by atoms with E-state index in [9.17, 15) is 4.79 Å². The second-order valence-corrected chi connectivity index (χ2v) is 5.03. The lowest BCUT2D eigenvalue weighted by Gasteiger charge is -2.35. The monoisotopic (exact) mass is 261 g/mol. The number of anilines is 1. The lowest BCUT2D eigenvalue weighted by molar-refractivity contribution is 0.158. The van der Waals surface area contributed by atoms with Gasteiger partial charge in [-0.15, -0.1) is 0 Å². The van der Waals surface area contributed by atoms with Gasteiger partial charge in [-0.2, -0.15) is 0 Å². The lowest BCUT2D eigenvalue weighted by atomic mass is 10.00. The van der Waals surface area contributed by atoms with Crippen LogP contribution in [0.5, 0.6) is 0 Å². The molecule has 2 N–H and O–H groups in total. The first-order chi connectivity index (χ1) is 9.31. The average molecular weight is 261 g/mol. The van der Waals surface area contributed by atoms with Crippen LogP contribution in [-0.4, -0.2) is 37.1 Å². The van der Waals surface area contributed by atoms with Crippen LogP contribution in [0.2, 0.25) is 0 Å². The Bertz CT molecular complexity index is 394. The number of carbonyl (C=O) groups is 1. The van der Waals surface area contributed by atoms with Gasteiger partial charge < -0.3 is 15.5 Å². The second kappa shape index (κ2) is 7.14. The minimum atomic E-state index is 0.0343. The van der Waals surface area contributed by atoms with Crippen LogP contribution in [0.1, 0.15) is 25.7 Å². The second-order valence-electron chi connectivity index (χ2n) is 5.03. The summed E-state index contributed by atoms with van der Waals surface area (Å²) in [6, 6.07) is 10.1. The number of benzene rings is 1. The van der Waals surface area contributed by atoms with Crippen molar-refractivity contribution in [1.82, 2.24) is 10.2 Å². The van der Waals surface area contributed by atoms with E-state index in [1.54, 1.807) is 0 Å². The normalized spacial score (nSPS) is 19.2. The van der Waals surface area contributed by atoms with Gasteiger partial charge in [0.05, 0.1) is 0 Å². The number of hydrogen-bond acceptors (Lipinski definition) is 2. The van der Waals surface area contributed by atoms with Crippen LogP contribution in [0.4, 0.5) is 10.5 Å². The number of carbonyl (C=O) groups excluding carboxylic acids is 1. The molecule has 0 spiro atoms. The van der Waals surface area contributed by atoms with Crippen molar-refractivity contribution in [2.45, 2.75) is 31.7 Å². The van der Waals surface area contributed by atoms with Gasteiger partial charge in [0.1, 0.15) is 0 Å². The molecule has 0 aromatic heterocycles.